The maximum Gasteiger partial charge on any atom is 0.190 e. The van der Waals surface area contributed by atoms with E-state index < -0.39 is 52.8 Å². The van der Waals surface area contributed by atoms with E-state index >= 15 is 0 Å². The van der Waals surface area contributed by atoms with Gasteiger partial charge in [0.25, 0.3) is 0 Å². The minimum Gasteiger partial charge on any atom is -0.396 e. The lowest BCUT2D eigenvalue weighted by Crippen LogP contribution is -2.68. The molecule has 66 heavy (non-hydrogen) atoms. The van der Waals surface area contributed by atoms with Crippen LogP contribution in [0.2, 0.25) is 0 Å². The summed E-state index contributed by atoms with van der Waals surface area (Å²) in [6.45, 7) is 10.5. The minimum atomic E-state index is -1.63. The van der Waals surface area contributed by atoms with Gasteiger partial charge < -0.3 is 46.3 Å². The fourth-order valence-corrected chi connectivity index (χ4v) is 20.6. The van der Waals surface area contributed by atoms with Gasteiger partial charge in [0.15, 0.2) is 11.7 Å². The van der Waals surface area contributed by atoms with Crippen molar-refractivity contribution in [1.29, 1.82) is 0 Å². The molecule has 0 radical (unpaired) electrons. The van der Waals surface area contributed by atoms with Crippen LogP contribution in [0.4, 0.5) is 0 Å². The van der Waals surface area contributed by atoms with Crippen LogP contribution in [0.3, 0.4) is 0 Å². The van der Waals surface area contributed by atoms with Gasteiger partial charge in [-0.2, -0.15) is 0 Å². The second-order valence-electron chi connectivity index (χ2n) is 23.9. The molecule has 14 heteroatoms. The van der Waals surface area contributed by atoms with Gasteiger partial charge in [-0.25, -0.2) is 4.98 Å². The molecule has 1 aliphatic heterocycles. The number of aromatic nitrogens is 2. The molecule has 14 atom stereocenters. The van der Waals surface area contributed by atoms with E-state index in [0.29, 0.717) is 30.3 Å². The number of nitrogens with zero attached hydrogens (tertiary/aromatic N) is 3. The van der Waals surface area contributed by atoms with E-state index in [1.54, 1.807) is 13.0 Å². The number of imidazole rings is 1. The van der Waals surface area contributed by atoms with Crippen LogP contribution in [-0.4, -0.2) is 106 Å². The molecule has 6 saturated carbocycles. The SMILES string of the molecule is CC(O)NC(N)=NCC1CC2(CO)C3CC(C4(CCCC4)SSCC(n4ccnc4)CC(C)(C)C(=C4CCCC5(CCCC5)C4)CC(O)C3C)C2(O)C2=CC(=O)C3CC(O)C(O)CC3(C)C21. The number of carbonyl (C=O) groups is 1. The van der Waals surface area contributed by atoms with Crippen molar-refractivity contribution in [2.24, 2.45) is 67.9 Å². The Labute approximate surface area is 401 Å². The summed E-state index contributed by atoms with van der Waals surface area (Å²) < 4.78 is 1.90. The first-order chi connectivity index (χ1) is 31.3. The maximum absolute atomic E-state index is 14.8. The summed E-state index contributed by atoms with van der Waals surface area (Å²) in [4.78, 5) is 24.1. The highest BCUT2D eigenvalue weighted by Gasteiger charge is 2.76. The number of rotatable bonds is 5. The maximum atomic E-state index is 14.8. The summed E-state index contributed by atoms with van der Waals surface area (Å²) in [5.74, 6) is -1.51. The average molecular weight is 952 g/mol. The third-order valence-electron chi connectivity index (χ3n) is 19.8. The van der Waals surface area contributed by atoms with Gasteiger partial charge in [0.05, 0.1) is 36.8 Å². The highest BCUT2D eigenvalue weighted by Crippen LogP contribution is 2.75. The number of hydrogen-bond acceptors (Lipinski definition) is 11. The molecule has 12 nitrogen and oxygen atoms in total. The van der Waals surface area contributed by atoms with Crippen molar-refractivity contribution >= 4 is 33.3 Å². The number of nitrogens with two attached hydrogens (primary N) is 1. The van der Waals surface area contributed by atoms with E-state index in [4.69, 9.17) is 10.7 Å². The van der Waals surface area contributed by atoms with Crippen LogP contribution in [0.5, 0.6) is 0 Å². The second kappa shape index (κ2) is 18.4. The fraction of sp³-hybridized carbons (Fsp3) is 0.827. The molecule has 7 aliphatic carbocycles. The molecule has 9 rings (SSSR count). The second-order valence-corrected chi connectivity index (χ2v) is 26.7. The summed E-state index contributed by atoms with van der Waals surface area (Å²) in [7, 11) is 3.83. The van der Waals surface area contributed by atoms with Crippen LogP contribution in [0.15, 0.2) is 46.5 Å². The molecule has 1 aromatic rings. The molecular weight excluding hydrogens is 871 g/mol. The lowest BCUT2D eigenvalue weighted by Gasteiger charge is -2.64. The molecule has 1 aromatic heterocycles. The lowest BCUT2D eigenvalue weighted by atomic mass is 9.42. The number of aliphatic imine (C=N–C) groups is 1. The van der Waals surface area contributed by atoms with Gasteiger partial charge in [0.1, 0.15) is 6.23 Å². The highest BCUT2D eigenvalue weighted by molar-refractivity contribution is 8.77. The van der Waals surface area contributed by atoms with Gasteiger partial charge in [-0.15, -0.1) is 0 Å². The number of allylic oxidation sites excluding steroid dienone is 2. The molecule has 0 amide bonds. The summed E-state index contributed by atoms with van der Waals surface area (Å²) in [6, 6.07) is 0.145. The zero-order valence-electron chi connectivity index (χ0n) is 40.3. The Morgan fingerprint density at radius 2 is 1.71 bits per heavy atom. The predicted octanol–water partition coefficient (Wildman–Crippen LogP) is 7.24. The Morgan fingerprint density at radius 1 is 1.00 bits per heavy atom. The van der Waals surface area contributed by atoms with Crippen molar-refractivity contribution < 1.29 is 35.4 Å². The number of fused-ring (bicyclic) bond motifs is 10. The van der Waals surface area contributed by atoms with E-state index in [-0.39, 0.29) is 77.6 Å². The Balaban J connectivity index is 1.22. The monoisotopic (exact) mass is 952 g/mol. The topological polar surface area (TPSA) is 207 Å². The molecule has 0 aromatic carbocycles. The summed E-state index contributed by atoms with van der Waals surface area (Å²) in [5.41, 5.74) is 6.47. The molecular formula is C52H81N5O7S2. The fourth-order valence-electron chi connectivity index (χ4n) is 16.8. The van der Waals surface area contributed by atoms with Crippen LogP contribution < -0.4 is 11.1 Å². The van der Waals surface area contributed by atoms with E-state index in [1.165, 1.54) is 49.7 Å². The Hall–Kier alpha value is -1.91. The van der Waals surface area contributed by atoms with Crippen molar-refractivity contribution in [2.75, 3.05) is 18.9 Å². The molecule has 368 valence electrons. The third kappa shape index (κ3) is 8.20. The number of aliphatic hydroxyl groups is 6. The number of aliphatic hydroxyl groups excluding tert-OH is 5. The van der Waals surface area contributed by atoms with Crippen LogP contribution >= 0.6 is 21.6 Å². The number of nitrogens with one attached hydrogen (secondary N) is 1. The smallest absolute Gasteiger partial charge is 0.190 e. The van der Waals surface area contributed by atoms with Gasteiger partial charge >= 0.3 is 0 Å². The van der Waals surface area contributed by atoms with Crippen LogP contribution in [0.1, 0.15) is 156 Å². The van der Waals surface area contributed by atoms with Crippen LogP contribution in [0.25, 0.3) is 0 Å². The van der Waals surface area contributed by atoms with E-state index in [2.05, 4.69) is 48.8 Å². The summed E-state index contributed by atoms with van der Waals surface area (Å²) >= 11 is 0. The molecule has 14 unspecified atom stereocenters. The van der Waals surface area contributed by atoms with Crippen molar-refractivity contribution in [3.8, 4) is 0 Å². The quantitative estimate of drug-likeness (QED) is 0.0484. The van der Waals surface area contributed by atoms with E-state index in [0.717, 1.165) is 50.7 Å². The number of carbonyl (C=O) groups excluding carboxylic acids is 1. The molecule has 7 fully saturated rings. The number of ketones is 1. The Kier molecular flexibility index (Phi) is 13.7. The highest BCUT2D eigenvalue weighted by atomic mass is 33.1. The molecule has 9 N–H and O–H groups in total. The first kappa shape index (κ1) is 49.1. The van der Waals surface area contributed by atoms with Gasteiger partial charge in [-0.1, -0.05) is 86.1 Å². The van der Waals surface area contributed by atoms with E-state index in [1.807, 2.05) is 34.1 Å². The van der Waals surface area contributed by atoms with Crippen LogP contribution in [0, 0.1) is 57.2 Å². The van der Waals surface area contributed by atoms with Gasteiger partial charge in [0, 0.05) is 52.7 Å². The van der Waals surface area contributed by atoms with Crippen molar-refractivity contribution in [2.45, 2.75) is 191 Å². The number of hydrogen-bond donors (Lipinski definition) is 8. The molecule has 2 heterocycles. The normalized spacial score (nSPS) is 44.0. The summed E-state index contributed by atoms with van der Waals surface area (Å²) in [6.07, 6.45) is 20.2. The molecule has 1 saturated heterocycles. The first-order valence-electron chi connectivity index (χ1n) is 25.7. The van der Waals surface area contributed by atoms with E-state index in [9.17, 15) is 35.4 Å². The van der Waals surface area contributed by atoms with Gasteiger partial charge in [0.2, 0.25) is 0 Å². The average Bonchev–Trinajstić information content (AvgIpc) is 4.10. The standard InChI is InChI=1S/C52H81N5O7S2/c1-31-36-22-44(52(64)39-21-41(61)38-20-42(62)43(63)26-48(38,5)45(39)34(24-50(36,52)29-58)27-55-46(53)56-32(2)59)51(15-8-9-16-51)66-65-28-35(57-18-17-54-30-57)25-47(3,4)37(19-40(31)60)33-11-10-14-49(23-33)12-6-7-13-49/h17-18,21,30-32,34-36,38,40,42-45,58-60,62-64H,6-16,19-20,22-29H2,1-5H3,(H3,53,55,56). The Morgan fingerprint density at radius 3 is 2.39 bits per heavy atom. The van der Waals surface area contributed by atoms with Crippen molar-refractivity contribution in [1.82, 2.24) is 14.9 Å². The predicted molar refractivity (Wildman–Crippen MR) is 262 cm³/mol. The zero-order chi connectivity index (χ0) is 47.0. The number of guanidine groups is 1. The molecule has 8 aliphatic rings. The van der Waals surface area contributed by atoms with Crippen molar-refractivity contribution in [3.63, 3.8) is 0 Å². The van der Waals surface area contributed by atoms with Gasteiger partial charge in [-0.3, -0.25) is 9.79 Å². The van der Waals surface area contributed by atoms with Crippen LogP contribution in [-0.2, 0) is 4.79 Å². The lowest BCUT2D eigenvalue weighted by molar-refractivity contribution is -0.185. The largest absolute Gasteiger partial charge is 0.396 e. The Bertz CT molecular complexity index is 2030. The first-order valence-corrected chi connectivity index (χ1v) is 28.0. The third-order valence-corrected chi connectivity index (χ3v) is 23.2. The minimum absolute atomic E-state index is 0.0786. The summed E-state index contributed by atoms with van der Waals surface area (Å²) in [5, 5.41) is 75.6. The molecule has 2 bridgehead atoms. The zero-order valence-corrected chi connectivity index (χ0v) is 42.0. The van der Waals surface area contributed by atoms with Crippen molar-refractivity contribution in [3.05, 3.63) is 41.5 Å². The van der Waals surface area contributed by atoms with Gasteiger partial charge in [-0.05, 0) is 148 Å². The molecule has 2 spiro atoms.